The lowest BCUT2D eigenvalue weighted by molar-refractivity contribution is 0.592. The van der Waals surface area contributed by atoms with E-state index in [4.69, 9.17) is 39.9 Å². The smallest absolute Gasteiger partial charge is 0.240 e. The Bertz CT molecular complexity index is 3970. The number of hydrogen-bond donors (Lipinski definition) is 0. The van der Waals surface area contributed by atoms with E-state index in [1.807, 2.05) is 205 Å². The molecule has 0 radical (unpaired) electrons. The van der Waals surface area contributed by atoms with E-state index >= 15 is 4.57 Å². The summed E-state index contributed by atoms with van der Waals surface area (Å²) in [5, 5.41) is 2.40. The lowest BCUT2D eigenvalue weighted by atomic mass is 10.2. The molecular formula is C58H37N10OPS. The van der Waals surface area contributed by atoms with E-state index in [0.717, 1.165) is 59.8 Å². The molecule has 0 aliphatic rings. The Balaban J connectivity index is 1.07. The largest absolute Gasteiger partial charge is 0.306 e. The second-order valence-electron chi connectivity index (χ2n) is 16.8. The van der Waals surface area contributed by atoms with E-state index in [1.165, 1.54) is 11.3 Å². The molecule has 336 valence electrons. The summed E-state index contributed by atoms with van der Waals surface area (Å²) in [6, 6.07) is 73.2. The zero-order valence-corrected chi connectivity index (χ0v) is 39.3. The van der Waals surface area contributed by atoms with Crippen molar-refractivity contribution in [1.82, 2.24) is 49.0 Å². The number of hydrogen-bond acceptors (Lipinski definition) is 10. The standard InChI is InChI=1S/C58H37N10OPS/c69-70(43-29-15-5-16-30-43,44-31-17-6-18-32-44)58-60-49-45-33-19-20-34-47(45)67(56(49)71-58)42-35-36-48-46(37-42)59-55(54-63-50(38-21-7-1-8-22-38)61-51(64-54)39-23-9-2-10-24-39)68(48)57-65-52(40-25-11-3-12-26-40)62-53(66-57)41-27-13-4-14-28-41/h1-37H. The molecule has 0 aliphatic heterocycles. The van der Waals surface area contributed by atoms with Gasteiger partial charge in [0.05, 0.1) is 16.6 Å². The van der Waals surface area contributed by atoms with Gasteiger partial charge in [-0.25, -0.2) is 29.9 Å². The van der Waals surface area contributed by atoms with E-state index in [0.29, 0.717) is 56.7 Å². The van der Waals surface area contributed by atoms with Gasteiger partial charge < -0.3 is 4.57 Å². The predicted molar refractivity (Wildman–Crippen MR) is 284 cm³/mol. The third-order valence-electron chi connectivity index (χ3n) is 12.4. The minimum atomic E-state index is -3.38. The molecule has 0 fully saturated rings. The van der Waals surface area contributed by atoms with Crippen molar-refractivity contribution in [3.63, 3.8) is 0 Å². The summed E-state index contributed by atoms with van der Waals surface area (Å²) < 4.78 is 20.4. The van der Waals surface area contributed by atoms with Gasteiger partial charge in [0.2, 0.25) is 11.8 Å². The summed E-state index contributed by atoms with van der Waals surface area (Å²) in [6.45, 7) is 0. The van der Waals surface area contributed by atoms with Gasteiger partial charge in [-0.2, -0.15) is 9.97 Å². The number of thiazole rings is 1. The minimum Gasteiger partial charge on any atom is -0.306 e. The van der Waals surface area contributed by atoms with Crippen molar-refractivity contribution >= 4 is 66.1 Å². The van der Waals surface area contributed by atoms with Crippen molar-refractivity contribution in [2.75, 3.05) is 0 Å². The van der Waals surface area contributed by atoms with Crippen LogP contribution in [0.3, 0.4) is 0 Å². The van der Waals surface area contributed by atoms with Crippen LogP contribution in [0.1, 0.15) is 0 Å². The molecule has 5 aromatic heterocycles. The predicted octanol–water partition coefficient (Wildman–Crippen LogP) is 11.9. The maximum absolute atomic E-state index is 15.7. The van der Waals surface area contributed by atoms with E-state index < -0.39 is 7.14 Å². The van der Waals surface area contributed by atoms with E-state index in [2.05, 4.69) is 28.8 Å². The number of imidazole rings is 1. The topological polar surface area (TPSA) is 130 Å². The van der Waals surface area contributed by atoms with Crippen molar-refractivity contribution in [3.8, 4) is 68.8 Å². The number of aromatic nitrogens is 10. The van der Waals surface area contributed by atoms with Gasteiger partial charge in [0, 0.05) is 43.9 Å². The Labute approximate surface area is 411 Å². The lowest BCUT2D eigenvalue weighted by Crippen LogP contribution is -2.24. The average molecular weight is 953 g/mol. The third kappa shape index (κ3) is 7.41. The monoisotopic (exact) mass is 952 g/mol. The van der Waals surface area contributed by atoms with Crippen LogP contribution >= 0.6 is 18.5 Å². The zero-order valence-electron chi connectivity index (χ0n) is 37.6. The summed E-state index contributed by atoms with van der Waals surface area (Å²) in [4.78, 5) is 42.3. The fourth-order valence-electron chi connectivity index (χ4n) is 9.01. The maximum atomic E-state index is 15.7. The van der Waals surface area contributed by atoms with Crippen LogP contribution in [-0.4, -0.2) is 49.0 Å². The third-order valence-corrected chi connectivity index (χ3v) is 17.0. The maximum Gasteiger partial charge on any atom is 0.240 e. The summed E-state index contributed by atoms with van der Waals surface area (Å²) in [5.41, 5.74) is 7.23. The van der Waals surface area contributed by atoms with Gasteiger partial charge in [0.15, 0.2) is 41.0 Å². The molecule has 8 aromatic carbocycles. The zero-order chi connectivity index (χ0) is 47.3. The molecule has 13 aromatic rings. The van der Waals surface area contributed by atoms with E-state index in [-0.39, 0.29) is 0 Å². The van der Waals surface area contributed by atoms with Gasteiger partial charge in [0.1, 0.15) is 10.3 Å². The molecule has 0 aliphatic carbocycles. The van der Waals surface area contributed by atoms with Gasteiger partial charge in [0.25, 0.3) is 0 Å². The average Bonchev–Trinajstić information content (AvgIpc) is 4.15. The van der Waals surface area contributed by atoms with E-state index in [9.17, 15) is 0 Å². The van der Waals surface area contributed by atoms with Gasteiger partial charge in [-0.1, -0.05) is 212 Å². The van der Waals surface area contributed by atoms with Crippen LogP contribution in [0.2, 0.25) is 0 Å². The van der Waals surface area contributed by atoms with Crippen molar-refractivity contribution in [1.29, 1.82) is 0 Å². The van der Waals surface area contributed by atoms with Crippen LogP contribution < -0.4 is 15.4 Å². The molecule has 0 amide bonds. The van der Waals surface area contributed by atoms with Crippen LogP contribution in [0.25, 0.3) is 101 Å². The first-order valence-corrected chi connectivity index (χ1v) is 25.5. The molecule has 5 heterocycles. The van der Waals surface area contributed by atoms with Crippen LogP contribution in [0.5, 0.6) is 0 Å². The number of para-hydroxylation sites is 1. The SMILES string of the molecule is O=P(c1ccccc1)(c1ccccc1)c1nc2c3ccccc3n(-c3ccc4c(c3)nc(-c3nc(-c5ccccc5)nc(-c5ccccc5)n3)n4-c3nc(-c4ccccc4)nc(-c4ccccc4)n3)c2s1. The Morgan fingerprint density at radius 2 is 0.817 bits per heavy atom. The summed E-state index contributed by atoms with van der Waals surface area (Å²) in [5.74, 6) is 3.05. The summed E-state index contributed by atoms with van der Waals surface area (Å²) >= 11 is 1.46. The fourth-order valence-corrected chi connectivity index (χ4v) is 13.4. The molecule has 0 N–H and O–H groups in total. The Morgan fingerprint density at radius 1 is 0.380 bits per heavy atom. The summed E-state index contributed by atoms with van der Waals surface area (Å²) in [7, 11) is -3.38. The number of rotatable bonds is 10. The van der Waals surface area contributed by atoms with Crippen LogP contribution in [0.15, 0.2) is 224 Å². The minimum absolute atomic E-state index is 0.330. The molecule has 71 heavy (non-hydrogen) atoms. The highest BCUT2D eigenvalue weighted by molar-refractivity contribution is 7.89. The second-order valence-corrected chi connectivity index (χ2v) is 20.7. The number of fused-ring (bicyclic) bond motifs is 4. The van der Waals surface area contributed by atoms with Crippen molar-refractivity contribution in [2.45, 2.75) is 0 Å². The van der Waals surface area contributed by atoms with Gasteiger partial charge >= 0.3 is 0 Å². The molecule has 13 rings (SSSR count). The molecule has 0 unspecified atom stereocenters. The van der Waals surface area contributed by atoms with Crippen LogP contribution in [0.4, 0.5) is 0 Å². The normalized spacial score (nSPS) is 11.7. The molecule has 0 spiro atoms. The lowest BCUT2D eigenvalue weighted by Gasteiger charge is -2.16. The van der Waals surface area contributed by atoms with Gasteiger partial charge in [-0.3, -0.25) is 9.13 Å². The van der Waals surface area contributed by atoms with Gasteiger partial charge in [-0.05, 0) is 24.3 Å². The first-order chi connectivity index (χ1) is 35.1. The van der Waals surface area contributed by atoms with Crippen molar-refractivity contribution in [2.24, 2.45) is 0 Å². The molecule has 0 bridgehead atoms. The van der Waals surface area contributed by atoms with Gasteiger partial charge in [-0.15, -0.1) is 0 Å². The molecular weight excluding hydrogens is 916 g/mol. The Kier molecular flexibility index (Phi) is 10.3. The van der Waals surface area contributed by atoms with Crippen molar-refractivity contribution in [3.05, 3.63) is 224 Å². The number of benzene rings is 8. The first kappa shape index (κ1) is 42.0. The Morgan fingerprint density at radius 3 is 1.32 bits per heavy atom. The fraction of sp³-hybridized carbons (Fsp3) is 0. The highest BCUT2D eigenvalue weighted by Crippen LogP contribution is 2.46. The molecule has 0 saturated heterocycles. The van der Waals surface area contributed by atoms with E-state index in [1.54, 1.807) is 0 Å². The molecule has 13 heteroatoms. The number of nitrogens with zero attached hydrogens (tertiary/aromatic N) is 10. The quantitative estimate of drug-likeness (QED) is 0.123. The van der Waals surface area contributed by atoms with Crippen LogP contribution in [-0.2, 0) is 4.57 Å². The molecule has 11 nitrogen and oxygen atoms in total. The second kappa shape index (κ2) is 17.5. The highest BCUT2D eigenvalue weighted by atomic mass is 32.1. The molecule has 0 saturated carbocycles. The molecule has 0 atom stereocenters. The van der Waals surface area contributed by atoms with Crippen molar-refractivity contribution < 1.29 is 4.57 Å². The highest BCUT2D eigenvalue weighted by Gasteiger charge is 2.35. The summed E-state index contributed by atoms with van der Waals surface area (Å²) in [6.07, 6.45) is 0. The van der Waals surface area contributed by atoms with Crippen LogP contribution in [0, 0.1) is 0 Å². The first-order valence-electron chi connectivity index (χ1n) is 23.0. The Hall–Kier alpha value is -9.09.